The Morgan fingerprint density at radius 1 is 1.18 bits per heavy atom. The normalized spacial score (nSPS) is 11.2. The van der Waals surface area contributed by atoms with Crippen molar-refractivity contribution < 1.29 is 14.6 Å². The van der Waals surface area contributed by atoms with E-state index in [4.69, 9.17) is 14.9 Å². The molecule has 0 spiro atoms. The SMILES string of the molecule is COC(=N)C(O)c1ccccc1COc1cccc(C)c1.Cl. The van der Waals surface area contributed by atoms with Gasteiger partial charge < -0.3 is 14.6 Å². The topological polar surface area (TPSA) is 62.5 Å². The van der Waals surface area contributed by atoms with Crippen LogP contribution >= 0.6 is 12.4 Å². The Labute approximate surface area is 136 Å². The van der Waals surface area contributed by atoms with Crippen LogP contribution in [0.4, 0.5) is 0 Å². The van der Waals surface area contributed by atoms with Crippen LogP contribution in [0.3, 0.4) is 0 Å². The third kappa shape index (κ3) is 4.48. The number of aliphatic hydroxyl groups excluding tert-OH is 1. The van der Waals surface area contributed by atoms with Crippen molar-refractivity contribution in [3.8, 4) is 5.75 Å². The van der Waals surface area contributed by atoms with Crippen LogP contribution in [0.25, 0.3) is 0 Å². The molecule has 0 aromatic heterocycles. The molecular formula is C17H20ClNO3. The predicted molar refractivity (Wildman–Crippen MR) is 88.9 cm³/mol. The van der Waals surface area contributed by atoms with E-state index in [1.807, 2.05) is 49.4 Å². The number of aliphatic hydroxyl groups is 1. The van der Waals surface area contributed by atoms with E-state index in [9.17, 15) is 5.11 Å². The van der Waals surface area contributed by atoms with Gasteiger partial charge in [0.2, 0.25) is 5.90 Å². The summed E-state index contributed by atoms with van der Waals surface area (Å²) in [6, 6.07) is 15.1. The van der Waals surface area contributed by atoms with E-state index in [0.29, 0.717) is 12.2 Å². The van der Waals surface area contributed by atoms with Crippen molar-refractivity contribution in [3.05, 3.63) is 65.2 Å². The van der Waals surface area contributed by atoms with Crippen LogP contribution in [0.2, 0.25) is 0 Å². The Kier molecular flexibility index (Phi) is 6.89. The van der Waals surface area contributed by atoms with Crippen LogP contribution in [-0.4, -0.2) is 18.1 Å². The zero-order valence-corrected chi connectivity index (χ0v) is 13.4. The molecule has 0 aliphatic carbocycles. The number of ether oxygens (including phenoxy) is 2. The molecule has 2 aromatic carbocycles. The summed E-state index contributed by atoms with van der Waals surface area (Å²) in [6.45, 7) is 2.33. The van der Waals surface area contributed by atoms with Crippen molar-refractivity contribution >= 4 is 18.3 Å². The Bertz CT molecular complexity index is 631. The molecule has 0 aliphatic heterocycles. The van der Waals surface area contributed by atoms with E-state index in [1.165, 1.54) is 7.11 Å². The monoisotopic (exact) mass is 321 g/mol. The maximum atomic E-state index is 10.1. The van der Waals surface area contributed by atoms with Gasteiger partial charge in [-0.1, -0.05) is 36.4 Å². The third-order valence-electron chi connectivity index (χ3n) is 3.20. The van der Waals surface area contributed by atoms with Crippen molar-refractivity contribution in [2.75, 3.05) is 7.11 Å². The maximum absolute atomic E-state index is 10.1. The average molecular weight is 322 g/mol. The number of aryl methyl sites for hydroxylation is 1. The highest BCUT2D eigenvalue weighted by Gasteiger charge is 2.17. The molecule has 0 heterocycles. The van der Waals surface area contributed by atoms with Gasteiger partial charge in [-0.05, 0) is 35.7 Å². The van der Waals surface area contributed by atoms with Crippen molar-refractivity contribution in [2.24, 2.45) is 0 Å². The molecule has 118 valence electrons. The average Bonchev–Trinajstić information content (AvgIpc) is 2.52. The van der Waals surface area contributed by atoms with E-state index in [1.54, 1.807) is 6.07 Å². The van der Waals surface area contributed by atoms with Gasteiger partial charge in [0, 0.05) is 0 Å². The standard InChI is InChI=1S/C17H19NO3.ClH/c1-12-6-5-8-14(10-12)21-11-13-7-3-4-9-15(13)16(19)17(18)20-2;/h3-10,16,18-19H,11H2,1-2H3;1H. The quantitative estimate of drug-likeness (QED) is 0.652. The van der Waals surface area contributed by atoms with Gasteiger partial charge in [-0.2, -0.15) is 0 Å². The maximum Gasteiger partial charge on any atom is 0.214 e. The number of benzene rings is 2. The van der Waals surface area contributed by atoms with Crippen molar-refractivity contribution in [1.29, 1.82) is 5.41 Å². The molecule has 0 radical (unpaired) electrons. The molecule has 2 aromatic rings. The molecule has 2 rings (SSSR count). The molecule has 0 bridgehead atoms. The van der Waals surface area contributed by atoms with Crippen LogP contribution in [0, 0.1) is 12.3 Å². The number of halogens is 1. The molecule has 4 nitrogen and oxygen atoms in total. The predicted octanol–water partition coefficient (Wildman–Crippen LogP) is 3.65. The van der Waals surface area contributed by atoms with Crippen molar-refractivity contribution in [1.82, 2.24) is 0 Å². The smallest absolute Gasteiger partial charge is 0.214 e. The lowest BCUT2D eigenvalue weighted by Gasteiger charge is -2.16. The minimum Gasteiger partial charge on any atom is -0.489 e. The number of hydrogen-bond acceptors (Lipinski definition) is 4. The summed E-state index contributed by atoms with van der Waals surface area (Å²) in [4.78, 5) is 0. The molecule has 0 aliphatic rings. The fourth-order valence-corrected chi connectivity index (χ4v) is 2.05. The van der Waals surface area contributed by atoms with Gasteiger partial charge in [0.25, 0.3) is 0 Å². The van der Waals surface area contributed by atoms with Gasteiger partial charge in [0.1, 0.15) is 12.4 Å². The summed E-state index contributed by atoms with van der Waals surface area (Å²) in [7, 11) is 1.37. The molecule has 0 fully saturated rings. The highest BCUT2D eigenvalue weighted by molar-refractivity contribution is 5.85. The second kappa shape index (κ2) is 8.41. The second-order valence-electron chi connectivity index (χ2n) is 4.77. The lowest BCUT2D eigenvalue weighted by atomic mass is 10.0. The van der Waals surface area contributed by atoms with Crippen LogP contribution < -0.4 is 4.74 Å². The molecule has 1 atom stereocenters. The number of rotatable bonds is 5. The van der Waals surface area contributed by atoms with Crippen molar-refractivity contribution in [3.63, 3.8) is 0 Å². The Morgan fingerprint density at radius 2 is 1.91 bits per heavy atom. The third-order valence-corrected chi connectivity index (χ3v) is 3.20. The number of nitrogens with one attached hydrogen (secondary N) is 1. The summed E-state index contributed by atoms with van der Waals surface area (Å²) in [6.07, 6.45) is -1.08. The first-order chi connectivity index (χ1) is 10.1. The zero-order valence-electron chi connectivity index (χ0n) is 12.6. The minimum atomic E-state index is -1.08. The number of hydrogen-bond donors (Lipinski definition) is 2. The van der Waals surface area contributed by atoms with Gasteiger partial charge in [-0.25, -0.2) is 0 Å². The fourth-order valence-electron chi connectivity index (χ4n) is 2.05. The molecule has 0 saturated carbocycles. The summed E-state index contributed by atoms with van der Waals surface area (Å²) in [5.74, 6) is 0.596. The summed E-state index contributed by atoms with van der Waals surface area (Å²) < 4.78 is 10.5. The highest BCUT2D eigenvalue weighted by Crippen LogP contribution is 2.21. The Morgan fingerprint density at radius 3 is 2.59 bits per heavy atom. The summed E-state index contributed by atoms with van der Waals surface area (Å²) in [5, 5.41) is 17.7. The summed E-state index contributed by atoms with van der Waals surface area (Å²) in [5.41, 5.74) is 2.58. The highest BCUT2D eigenvalue weighted by atomic mass is 35.5. The summed E-state index contributed by atoms with van der Waals surface area (Å²) >= 11 is 0. The van der Waals surface area contributed by atoms with Crippen molar-refractivity contribution in [2.45, 2.75) is 19.6 Å². The van der Waals surface area contributed by atoms with E-state index < -0.39 is 6.10 Å². The molecular weight excluding hydrogens is 302 g/mol. The Balaban J connectivity index is 0.00000242. The first-order valence-electron chi connectivity index (χ1n) is 6.69. The Hall–Kier alpha value is -2.04. The molecule has 5 heteroatoms. The molecule has 2 N–H and O–H groups in total. The molecule has 0 saturated heterocycles. The van der Waals surface area contributed by atoms with E-state index in [0.717, 1.165) is 16.9 Å². The zero-order chi connectivity index (χ0) is 15.2. The molecule has 1 unspecified atom stereocenters. The van der Waals surface area contributed by atoms with Gasteiger partial charge in [-0.3, -0.25) is 5.41 Å². The van der Waals surface area contributed by atoms with E-state index in [2.05, 4.69) is 0 Å². The van der Waals surface area contributed by atoms with Gasteiger partial charge in [-0.15, -0.1) is 12.4 Å². The van der Waals surface area contributed by atoms with Crippen LogP contribution in [0.1, 0.15) is 22.8 Å². The lowest BCUT2D eigenvalue weighted by Crippen LogP contribution is -2.15. The minimum absolute atomic E-state index is 0. The fraction of sp³-hybridized carbons (Fsp3) is 0.235. The van der Waals surface area contributed by atoms with Gasteiger partial charge >= 0.3 is 0 Å². The van der Waals surface area contributed by atoms with E-state index >= 15 is 0 Å². The second-order valence-corrected chi connectivity index (χ2v) is 4.77. The lowest BCUT2D eigenvalue weighted by molar-refractivity contribution is 0.201. The van der Waals surface area contributed by atoms with Crippen LogP contribution in [-0.2, 0) is 11.3 Å². The van der Waals surface area contributed by atoms with Gasteiger partial charge in [0.05, 0.1) is 7.11 Å². The van der Waals surface area contributed by atoms with Crippen LogP contribution in [0.5, 0.6) is 5.75 Å². The molecule has 0 amide bonds. The largest absolute Gasteiger partial charge is 0.489 e. The van der Waals surface area contributed by atoms with Gasteiger partial charge in [0.15, 0.2) is 6.10 Å². The van der Waals surface area contributed by atoms with E-state index in [-0.39, 0.29) is 18.3 Å². The molecule has 22 heavy (non-hydrogen) atoms. The number of methoxy groups -OCH3 is 1. The van der Waals surface area contributed by atoms with Crippen LogP contribution in [0.15, 0.2) is 48.5 Å². The first-order valence-corrected chi connectivity index (χ1v) is 6.69. The first kappa shape index (κ1) is 18.0.